The summed E-state index contributed by atoms with van der Waals surface area (Å²) in [4.78, 5) is 25.1. The van der Waals surface area contributed by atoms with Crippen molar-refractivity contribution in [2.24, 2.45) is 0 Å². The minimum atomic E-state index is -4.61. The van der Waals surface area contributed by atoms with Crippen LogP contribution in [0.1, 0.15) is 110 Å². The highest BCUT2D eigenvalue weighted by Gasteiger charge is 2.23. The molecule has 3 atom stereocenters. The number of hydrogen-bond acceptors (Lipinski definition) is 6. The van der Waals surface area contributed by atoms with Crippen LogP contribution in [0.2, 0.25) is 0 Å². The lowest BCUT2D eigenvalue weighted by Crippen LogP contribution is -2.45. The molecule has 0 spiro atoms. The van der Waals surface area contributed by atoms with Gasteiger partial charge in [-0.05, 0) is 70.6 Å². The van der Waals surface area contributed by atoms with E-state index in [1.54, 1.807) is 6.08 Å². The number of likely N-dealkylation sites (N-methyl/N-ethyl adjacent to an activating group) is 1. The predicted octanol–water partition coefficient (Wildman–Crippen LogP) is 9.38. The molecular weight excluding hydrogens is 659 g/mol. The Morgan fingerprint density at radius 3 is 1.76 bits per heavy atom. The van der Waals surface area contributed by atoms with Crippen LogP contribution in [0.25, 0.3) is 0 Å². The third-order valence-corrected chi connectivity index (χ3v) is 8.51. The Morgan fingerprint density at radius 1 is 0.706 bits per heavy atom. The van der Waals surface area contributed by atoms with E-state index in [2.05, 4.69) is 92.1 Å². The highest BCUT2D eigenvalue weighted by molar-refractivity contribution is 7.45. The summed E-state index contributed by atoms with van der Waals surface area (Å²) in [5.41, 5.74) is 0. The van der Waals surface area contributed by atoms with Crippen molar-refractivity contribution in [3.63, 3.8) is 0 Å². The van der Waals surface area contributed by atoms with E-state index in [0.717, 1.165) is 57.8 Å². The molecule has 0 radical (unpaired) electrons. The van der Waals surface area contributed by atoms with Gasteiger partial charge >= 0.3 is 0 Å². The van der Waals surface area contributed by atoms with E-state index in [4.69, 9.17) is 9.05 Å². The topological polar surface area (TPSA) is 108 Å². The molecule has 0 saturated carbocycles. The van der Waals surface area contributed by atoms with Crippen molar-refractivity contribution < 1.29 is 32.9 Å². The third kappa shape index (κ3) is 35.6. The number of rotatable bonds is 32. The number of phosphoric acid groups is 1. The molecule has 0 saturated heterocycles. The zero-order valence-corrected chi connectivity index (χ0v) is 33.4. The maximum absolute atomic E-state index is 12.7. The van der Waals surface area contributed by atoms with Crippen molar-refractivity contribution in [1.82, 2.24) is 5.32 Å². The quantitative estimate of drug-likeness (QED) is 0.0309. The van der Waals surface area contributed by atoms with E-state index in [-0.39, 0.29) is 18.9 Å². The van der Waals surface area contributed by atoms with Crippen LogP contribution in [0, 0.1) is 0 Å². The van der Waals surface area contributed by atoms with Gasteiger partial charge in [-0.1, -0.05) is 130 Å². The molecule has 8 nitrogen and oxygen atoms in total. The average Bonchev–Trinajstić information content (AvgIpc) is 3.07. The van der Waals surface area contributed by atoms with Crippen molar-refractivity contribution in [2.45, 2.75) is 122 Å². The fourth-order valence-corrected chi connectivity index (χ4v) is 5.20. The molecule has 0 rings (SSSR count). The number of hydrogen-bond donors (Lipinski definition) is 2. The highest BCUT2D eigenvalue weighted by atomic mass is 31.2. The number of quaternary nitrogens is 1. The van der Waals surface area contributed by atoms with E-state index in [1.165, 1.54) is 25.7 Å². The Labute approximate surface area is 311 Å². The lowest BCUT2D eigenvalue weighted by atomic mass is 10.1. The molecule has 51 heavy (non-hydrogen) atoms. The molecular formula is C42H71N2O6P. The molecule has 0 fully saturated rings. The Morgan fingerprint density at radius 2 is 1.22 bits per heavy atom. The Bertz CT molecular complexity index is 1150. The molecule has 0 bridgehead atoms. The zero-order chi connectivity index (χ0) is 37.9. The molecule has 290 valence electrons. The van der Waals surface area contributed by atoms with Gasteiger partial charge in [0.15, 0.2) is 0 Å². The van der Waals surface area contributed by atoms with Crippen LogP contribution >= 0.6 is 7.82 Å². The van der Waals surface area contributed by atoms with Gasteiger partial charge in [-0.3, -0.25) is 9.36 Å². The largest absolute Gasteiger partial charge is 0.756 e. The summed E-state index contributed by atoms with van der Waals surface area (Å²) in [5, 5.41) is 13.6. The standard InChI is InChI=1S/C42H71N2O6P/c1-6-8-10-12-14-16-18-19-20-21-22-23-24-25-26-28-30-32-34-36-42(46)43-40(39-50-51(47,48)49-38-37-44(3,4)5)41(45)35-33-31-29-27-17-15-13-11-9-7-2/h8,10,14,16-17,19-20,22-23,25-27,30,32-33,35,40-41,45H,6-7,9,11-13,15,18,21,24,28-29,31,34,36-39H2,1-5H3,(H-,43,46,47,48)/b10-8-,16-14-,20-19-,23-22-,26-25-,27-17+,32-30-,35-33+. The number of aliphatic hydroxyl groups is 1. The zero-order valence-electron chi connectivity index (χ0n) is 32.5. The van der Waals surface area contributed by atoms with Gasteiger partial charge in [-0.15, -0.1) is 0 Å². The SMILES string of the molecule is CC/C=C\C/C=C\C/C=C\C/C=C\C/C=C\C/C=C\CCC(=O)NC(COP(=O)([O-])OCC[N+](C)(C)C)C(O)/C=C/CC/C=C/CCCCCC. The second-order valence-electron chi connectivity index (χ2n) is 13.5. The second kappa shape index (κ2) is 33.3. The van der Waals surface area contributed by atoms with E-state index in [0.29, 0.717) is 17.4 Å². The van der Waals surface area contributed by atoms with Crippen molar-refractivity contribution in [2.75, 3.05) is 40.9 Å². The van der Waals surface area contributed by atoms with Gasteiger partial charge in [0.1, 0.15) is 13.2 Å². The Balaban J connectivity index is 4.68. The van der Waals surface area contributed by atoms with Crippen LogP contribution in [0.4, 0.5) is 0 Å². The first-order chi connectivity index (χ1) is 24.5. The van der Waals surface area contributed by atoms with Crippen LogP contribution in [-0.4, -0.2) is 68.5 Å². The van der Waals surface area contributed by atoms with Crippen LogP contribution in [0.3, 0.4) is 0 Å². The first-order valence-electron chi connectivity index (χ1n) is 19.1. The van der Waals surface area contributed by atoms with E-state index in [1.807, 2.05) is 39.4 Å². The lowest BCUT2D eigenvalue weighted by Gasteiger charge is -2.29. The number of nitrogens with one attached hydrogen (secondary N) is 1. The molecule has 9 heteroatoms. The molecule has 0 aromatic carbocycles. The fraction of sp³-hybridized carbons (Fsp3) is 0.595. The summed E-state index contributed by atoms with van der Waals surface area (Å²) in [5.74, 6) is -0.298. The fourth-order valence-electron chi connectivity index (χ4n) is 4.48. The summed E-state index contributed by atoms with van der Waals surface area (Å²) in [7, 11) is 1.17. The highest BCUT2D eigenvalue weighted by Crippen LogP contribution is 2.38. The van der Waals surface area contributed by atoms with Gasteiger partial charge in [-0.2, -0.15) is 0 Å². The van der Waals surface area contributed by atoms with Crippen LogP contribution in [0.5, 0.6) is 0 Å². The molecule has 1 amide bonds. The minimum absolute atomic E-state index is 0.0260. The van der Waals surface area contributed by atoms with Crippen molar-refractivity contribution in [1.29, 1.82) is 0 Å². The maximum Gasteiger partial charge on any atom is 0.268 e. The Kier molecular flexibility index (Phi) is 31.6. The number of allylic oxidation sites excluding steroid dienone is 15. The normalized spacial score (nSPS) is 15.7. The number of unbranched alkanes of at least 4 members (excludes halogenated alkanes) is 5. The van der Waals surface area contributed by atoms with Gasteiger partial charge in [0, 0.05) is 6.42 Å². The number of amides is 1. The average molecular weight is 731 g/mol. The Hall–Kier alpha value is -2.58. The van der Waals surface area contributed by atoms with Crippen LogP contribution in [-0.2, 0) is 18.4 Å². The first-order valence-corrected chi connectivity index (χ1v) is 20.6. The molecule has 3 unspecified atom stereocenters. The monoisotopic (exact) mass is 731 g/mol. The molecule has 0 aliphatic carbocycles. The van der Waals surface area contributed by atoms with Gasteiger partial charge in [-0.25, -0.2) is 0 Å². The number of nitrogens with zero attached hydrogens (tertiary/aromatic N) is 1. The van der Waals surface area contributed by atoms with Crippen molar-refractivity contribution in [3.05, 3.63) is 97.2 Å². The summed E-state index contributed by atoms with van der Waals surface area (Å²) in [6, 6.07) is -0.947. The van der Waals surface area contributed by atoms with Gasteiger partial charge in [0.05, 0.1) is 39.9 Å². The molecule has 0 aliphatic heterocycles. The molecule has 0 aromatic rings. The predicted molar refractivity (Wildman–Crippen MR) is 214 cm³/mol. The number of aliphatic hydroxyl groups excluding tert-OH is 1. The summed E-state index contributed by atoms with van der Waals surface area (Å²) in [6.45, 7) is 4.36. The number of carbonyl (C=O) groups is 1. The molecule has 0 aliphatic rings. The second-order valence-corrected chi connectivity index (χ2v) is 14.9. The lowest BCUT2D eigenvalue weighted by molar-refractivity contribution is -0.870. The molecule has 2 N–H and O–H groups in total. The summed E-state index contributed by atoms with van der Waals surface area (Å²) in [6.07, 6.45) is 46.2. The summed E-state index contributed by atoms with van der Waals surface area (Å²) >= 11 is 0. The van der Waals surface area contributed by atoms with Crippen LogP contribution in [0.15, 0.2) is 97.2 Å². The van der Waals surface area contributed by atoms with Gasteiger partial charge < -0.3 is 28.8 Å². The summed E-state index contributed by atoms with van der Waals surface area (Å²) < 4.78 is 23.0. The molecule has 0 aromatic heterocycles. The van der Waals surface area contributed by atoms with Crippen molar-refractivity contribution >= 4 is 13.7 Å². The minimum Gasteiger partial charge on any atom is -0.756 e. The third-order valence-electron chi connectivity index (χ3n) is 7.54. The van der Waals surface area contributed by atoms with Gasteiger partial charge in [0.2, 0.25) is 5.91 Å². The van der Waals surface area contributed by atoms with Crippen LogP contribution < -0.4 is 10.2 Å². The smallest absolute Gasteiger partial charge is 0.268 e. The molecule has 0 heterocycles. The van der Waals surface area contributed by atoms with Gasteiger partial charge in [0.25, 0.3) is 7.82 Å². The number of phosphoric ester groups is 1. The van der Waals surface area contributed by atoms with E-state index < -0.39 is 26.6 Å². The van der Waals surface area contributed by atoms with E-state index >= 15 is 0 Å². The van der Waals surface area contributed by atoms with E-state index in [9.17, 15) is 19.4 Å². The maximum atomic E-state index is 12.7. The number of carbonyl (C=O) groups excluding carboxylic acids is 1. The van der Waals surface area contributed by atoms with Crippen molar-refractivity contribution in [3.8, 4) is 0 Å². The first kappa shape index (κ1) is 48.4.